The maximum Gasteiger partial charge on any atom is 0.157 e. The maximum atomic E-state index is 5.93. The first-order valence-corrected chi connectivity index (χ1v) is 9.63. The number of nitrogens with zero attached hydrogens (tertiary/aromatic N) is 4. The molecule has 1 atom stereocenters. The van der Waals surface area contributed by atoms with Crippen molar-refractivity contribution in [2.75, 3.05) is 20.3 Å². The fraction of sp³-hybridized carbons (Fsp3) is 0.300. The Morgan fingerprint density at radius 1 is 1.15 bits per heavy atom. The van der Waals surface area contributed by atoms with Crippen molar-refractivity contribution >= 4 is 15.9 Å². The molecule has 7 heteroatoms. The van der Waals surface area contributed by atoms with Gasteiger partial charge in [0.15, 0.2) is 6.23 Å². The molecule has 1 fully saturated rings. The molecule has 0 saturated carbocycles. The first-order chi connectivity index (χ1) is 13.2. The first kappa shape index (κ1) is 18.2. The molecule has 140 valence electrons. The van der Waals surface area contributed by atoms with E-state index in [0.717, 1.165) is 29.0 Å². The molecule has 2 aromatic carbocycles. The second-order valence-electron chi connectivity index (χ2n) is 6.51. The van der Waals surface area contributed by atoms with E-state index in [-0.39, 0.29) is 6.23 Å². The minimum absolute atomic E-state index is 0.164. The molecule has 4 rings (SSSR count). The zero-order valence-corrected chi connectivity index (χ0v) is 16.7. The minimum atomic E-state index is -0.164. The Balaban J connectivity index is 1.44. The Kier molecular flexibility index (Phi) is 5.52. The molecule has 3 aromatic rings. The highest BCUT2D eigenvalue weighted by atomic mass is 79.9. The highest BCUT2D eigenvalue weighted by Gasteiger charge is 2.29. The molecule has 1 aliphatic rings. The monoisotopic (exact) mass is 428 g/mol. The smallest absolute Gasteiger partial charge is 0.157 e. The molecule has 0 amide bonds. The van der Waals surface area contributed by atoms with Crippen LogP contribution in [0.4, 0.5) is 0 Å². The molecule has 1 aliphatic heterocycles. The lowest BCUT2D eigenvalue weighted by molar-refractivity contribution is 0.0252. The highest BCUT2D eigenvalue weighted by molar-refractivity contribution is 9.10. The van der Waals surface area contributed by atoms with Gasteiger partial charge in [-0.25, -0.2) is 4.68 Å². The third-order valence-corrected chi connectivity index (χ3v) is 5.07. The van der Waals surface area contributed by atoms with Crippen molar-refractivity contribution in [3.05, 3.63) is 76.0 Å². The van der Waals surface area contributed by atoms with Gasteiger partial charge in [0, 0.05) is 17.6 Å². The number of halogens is 1. The van der Waals surface area contributed by atoms with Crippen molar-refractivity contribution in [1.29, 1.82) is 0 Å². The fourth-order valence-corrected chi connectivity index (χ4v) is 3.68. The molecule has 0 radical (unpaired) electrons. The zero-order valence-electron chi connectivity index (χ0n) is 15.1. The van der Waals surface area contributed by atoms with Gasteiger partial charge in [-0.05, 0) is 35.4 Å². The Morgan fingerprint density at radius 2 is 2.00 bits per heavy atom. The molecular formula is C20H21BrN4O2. The number of hydrogen-bond donors (Lipinski definition) is 0. The van der Waals surface area contributed by atoms with Gasteiger partial charge in [0.2, 0.25) is 0 Å². The van der Waals surface area contributed by atoms with Gasteiger partial charge in [-0.15, -0.1) is 5.10 Å². The summed E-state index contributed by atoms with van der Waals surface area (Å²) >= 11 is 3.50. The highest BCUT2D eigenvalue weighted by Crippen LogP contribution is 2.27. The normalized spacial score (nSPS) is 17.3. The van der Waals surface area contributed by atoms with Gasteiger partial charge < -0.3 is 9.47 Å². The van der Waals surface area contributed by atoms with Gasteiger partial charge in [0.25, 0.3) is 0 Å². The third kappa shape index (κ3) is 4.37. The maximum absolute atomic E-state index is 5.93. The second kappa shape index (κ2) is 8.21. The second-order valence-corrected chi connectivity index (χ2v) is 7.43. The molecule has 27 heavy (non-hydrogen) atoms. The van der Waals surface area contributed by atoms with Gasteiger partial charge in [0.05, 0.1) is 26.5 Å². The van der Waals surface area contributed by atoms with E-state index in [4.69, 9.17) is 9.47 Å². The summed E-state index contributed by atoms with van der Waals surface area (Å²) in [5.74, 6) is 0.864. The van der Waals surface area contributed by atoms with Gasteiger partial charge in [-0.2, -0.15) is 0 Å². The van der Waals surface area contributed by atoms with Crippen LogP contribution in [0.15, 0.2) is 59.2 Å². The lowest BCUT2D eigenvalue weighted by Crippen LogP contribution is -2.23. The summed E-state index contributed by atoms with van der Waals surface area (Å²) < 4.78 is 14.1. The van der Waals surface area contributed by atoms with Gasteiger partial charge >= 0.3 is 0 Å². The Labute approximate surface area is 166 Å². The van der Waals surface area contributed by atoms with Crippen LogP contribution < -0.4 is 4.74 Å². The van der Waals surface area contributed by atoms with Gasteiger partial charge in [-0.1, -0.05) is 45.4 Å². The number of rotatable bonds is 6. The van der Waals surface area contributed by atoms with Crippen molar-refractivity contribution < 1.29 is 9.47 Å². The topological polar surface area (TPSA) is 52.4 Å². The lowest BCUT2D eigenvalue weighted by atomic mass is 10.2. The van der Waals surface area contributed by atoms with Crippen LogP contribution in [-0.2, 0) is 17.8 Å². The molecule has 1 saturated heterocycles. The molecule has 6 nitrogen and oxygen atoms in total. The molecule has 2 heterocycles. The van der Waals surface area contributed by atoms with Crippen molar-refractivity contribution in [3.63, 3.8) is 0 Å². The van der Waals surface area contributed by atoms with Crippen LogP contribution in [-0.4, -0.2) is 40.2 Å². The van der Waals surface area contributed by atoms with Crippen LogP contribution in [0.25, 0.3) is 0 Å². The number of benzene rings is 2. The summed E-state index contributed by atoms with van der Waals surface area (Å²) in [4.78, 5) is 2.27. The van der Waals surface area contributed by atoms with E-state index in [1.165, 1.54) is 11.1 Å². The van der Waals surface area contributed by atoms with Crippen molar-refractivity contribution in [2.45, 2.75) is 19.3 Å². The predicted molar refractivity (Wildman–Crippen MR) is 105 cm³/mol. The summed E-state index contributed by atoms with van der Waals surface area (Å²) in [5.41, 5.74) is 3.23. The third-order valence-electron chi connectivity index (χ3n) is 4.57. The van der Waals surface area contributed by atoms with Crippen LogP contribution in [0.5, 0.6) is 5.75 Å². The number of hydrogen-bond acceptors (Lipinski definition) is 5. The van der Waals surface area contributed by atoms with Crippen LogP contribution in [0.1, 0.15) is 23.0 Å². The standard InChI is InChI=1S/C20H21BrN4O2/c1-26-18-7-5-15(6-8-18)12-24-9-10-27-20(24)19-14-25(23-22-19)13-16-3-2-4-17(21)11-16/h2-8,11,14,20H,9-10,12-13H2,1H3/t20-/m0/s1. The van der Waals surface area contributed by atoms with E-state index in [2.05, 4.69) is 55.4 Å². The summed E-state index contributed by atoms with van der Waals surface area (Å²) in [6, 6.07) is 16.3. The van der Waals surface area contributed by atoms with Crippen molar-refractivity contribution in [2.24, 2.45) is 0 Å². The SMILES string of the molecule is COc1ccc(CN2CCO[C@H]2c2cn(Cc3cccc(Br)c3)nn2)cc1. The van der Waals surface area contributed by atoms with Crippen LogP contribution in [0.2, 0.25) is 0 Å². The summed E-state index contributed by atoms with van der Waals surface area (Å²) in [6.07, 6.45) is 1.81. The molecule has 0 N–H and O–H groups in total. The molecule has 1 aromatic heterocycles. The Hall–Kier alpha value is -2.22. The van der Waals surface area contributed by atoms with Crippen LogP contribution >= 0.6 is 15.9 Å². The van der Waals surface area contributed by atoms with E-state index in [9.17, 15) is 0 Å². The molecule has 0 aliphatic carbocycles. The zero-order chi connectivity index (χ0) is 18.6. The number of methoxy groups -OCH3 is 1. The predicted octanol–water partition coefficient (Wildman–Crippen LogP) is 3.63. The molecular weight excluding hydrogens is 408 g/mol. The van der Waals surface area contributed by atoms with E-state index < -0.39 is 0 Å². The largest absolute Gasteiger partial charge is 0.497 e. The average molecular weight is 429 g/mol. The van der Waals surface area contributed by atoms with E-state index >= 15 is 0 Å². The van der Waals surface area contributed by atoms with Crippen molar-refractivity contribution in [1.82, 2.24) is 19.9 Å². The van der Waals surface area contributed by atoms with Gasteiger partial charge in [-0.3, -0.25) is 4.90 Å². The Morgan fingerprint density at radius 3 is 2.78 bits per heavy atom. The average Bonchev–Trinajstić information content (AvgIpc) is 3.31. The quantitative estimate of drug-likeness (QED) is 0.599. The number of ether oxygens (including phenoxy) is 2. The van der Waals surface area contributed by atoms with E-state index in [1.807, 2.05) is 35.1 Å². The van der Waals surface area contributed by atoms with Crippen LogP contribution in [0.3, 0.4) is 0 Å². The molecule has 0 unspecified atom stereocenters. The summed E-state index contributed by atoms with van der Waals surface area (Å²) in [7, 11) is 1.68. The van der Waals surface area contributed by atoms with E-state index in [1.54, 1.807) is 7.11 Å². The summed E-state index contributed by atoms with van der Waals surface area (Å²) in [5, 5.41) is 8.63. The van der Waals surface area contributed by atoms with Crippen molar-refractivity contribution in [3.8, 4) is 5.75 Å². The summed E-state index contributed by atoms with van der Waals surface area (Å²) in [6.45, 7) is 3.04. The minimum Gasteiger partial charge on any atom is -0.497 e. The molecule has 0 bridgehead atoms. The lowest BCUT2D eigenvalue weighted by Gasteiger charge is -2.21. The van der Waals surface area contributed by atoms with Crippen LogP contribution in [0, 0.1) is 0 Å². The first-order valence-electron chi connectivity index (χ1n) is 8.84. The molecule has 0 spiro atoms. The fourth-order valence-electron chi connectivity index (χ4n) is 3.23. The van der Waals surface area contributed by atoms with E-state index in [0.29, 0.717) is 13.2 Å². The number of aromatic nitrogens is 3. The Bertz CT molecular complexity index is 897. The van der Waals surface area contributed by atoms with Gasteiger partial charge in [0.1, 0.15) is 11.4 Å².